The topological polar surface area (TPSA) is 60.7 Å². The van der Waals surface area contributed by atoms with Crippen LogP contribution in [0.5, 0.6) is 0 Å². The predicted octanol–water partition coefficient (Wildman–Crippen LogP) is 0.972. The van der Waals surface area contributed by atoms with Gasteiger partial charge in [-0.3, -0.25) is 0 Å². The summed E-state index contributed by atoms with van der Waals surface area (Å²) in [6.07, 6.45) is -0.0739. The summed E-state index contributed by atoms with van der Waals surface area (Å²) < 4.78 is 0. The first kappa shape index (κ1) is 10.5. The van der Waals surface area contributed by atoms with E-state index in [0.29, 0.717) is 6.42 Å². The molecule has 3 nitrogen and oxygen atoms in total. The molecule has 0 heterocycles. The highest BCUT2D eigenvalue weighted by molar-refractivity contribution is 5.01. The molecule has 0 saturated heterocycles. The first-order valence-corrected chi connectivity index (χ1v) is 3.72. The minimum Gasteiger partial charge on any atom is -0.512 e. The van der Waals surface area contributed by atoms with Gasteiger partial charge in [0.05, 0.1) is 11.9 Å². The molecule has 11 heavy (non-hydrogen) atoms. The van der Waals surface area contributed by atoms with Crippen molar-refractivity contribution in [2.24, 2.45) is 0 Å². The van der Waals surface area contributed by atoms with Crippen LogP contribution in [0.15, 0.2) is 11.3 Å². The SMILES string of the molecule is CC(C)=C(O)CC(O)CCO. The van der Waals surface area contributed by atoms with Crippen LogP contribution in [0.3, 0.4) is 0 Å². The second-order valence-corrected chi connectivity index (χ2v) is 2.82. The standard InChI is InChI=1S/C8H16O3/c1-6(2)8(11)5-7(10)3-4-9/h7,9-11H,3-5H2,1-2H3. The lowest BCUT2D eigenvalue weighted by Gasteiger charge is -2.08. The van der Waals surface area contributed by atoms with Gasteiger partial charge < -0.3 is 15.3 Å². The van der Waals surface area contributed by atoms with Crippen LogP contribution in [-0.2, 0) is 0 Å². The summed E-state index contributed by atoms with van der Waals surface area (Å²) in [6.45, 7) is 3.51. The first-order valence-electron chi connectivity index (χ1n) is 3.72. The fraction of sp³-hybridized carbons (Fsp3) is 0.750. The zero-order valence-corrected chi connectivity index (χ0v) is 7.04. The van der Waals surface area contributed by atoms with Crippen LogP contribution in [0, 0.1) is 0 Å². The van der Waals surface area contributed by atoms with Gasteiger partial charge >= 0.3 is 0 Å². The van der Waals surface area contributed by atoms with Crippen molar-refractivity contribution in [3.63, 3.8) is 0 Å². The van der Waals surface area contributed by atoms with Crippen LogP contribution < -0.4 is 0 Å². The van der Waals surface area contributed by atoms with E-state index in [4.69, 9.17) is 15.3 Å². The maximum absolute atomic E-state index is 9.16. The molecular weight excluding hydrogens is 144 g/mol. The van der Waals surface area contributed by atoms with Crippen molar-refractivity contribution in [3.05, 3.63) is 11.3 Å². The Labute approximate surface area is 67.0 Å². The van der Waals surface area contributed by atoms with Crippen LogP contribution in [0.4, 0.5) is 0 Å². The summed E-state index contributed by atoms with van der Waals surface area (Å²) in [5.74, 6) is 0.214. The Kier molecular flexibility index (Phi) is 4.90. The van der Waals surface area contributed by atoms with Crippen molar-refractivity contribution in [2.45, 2.75) is 32.8 Å². The summed E-state index contributed by atoms with van der Waals surface area (Å²) in [4.78, 5) is 0. The van der Waals surface area contributed by atoms with Crippen molar-refractivity contribution in [1.29, 1.82) is 0 Å². The summed E-state index contributed by atoms with van der Waals surface area (Å²) in [5.41, 5.74) is 0.807. The molecule has 1 unspecified atom stereocenters. The van der Waals surface area contributed by atoms with Crippen LogP contribution >= 0.6 is 0 Å². The Balaban J connectivity index is 3.75. The maximum atomic E-state index is 9.16. The summed E-state index contributed by atoms with van der Waals surface area (Å²) in [7, 11) is 0. The second-order valence-electron chi connectivity index (χ2n) is 2.82. The molecular formula is C8H16O3. The van der Waals surface area contributed by atoms with Crippen molar-refractivity contribution in [1.82, 2.24) is 0 Å². The highest BCUT2D eigenvalue weighted by Gasteiger charge is 2.06. The van der Waals surface area contributed by atoms with Crippen molar-refractivity contribution < 1.29 is 15.3 Å². The van der Waals surface area contributed by atoms with Gasteiger partial charge in [0.15, 0.2) is 0 Å². The molecule has 0 aromatic carbocycles. The fourth-order valence-electron chi connectivity index (χ4n) is 0.678. The zero-order valence-electron chi connectivity index (χ0n) is 7.04. The quantitative estimate of drug-likeness (QED) is 0.537. The molecule has 0 saturated carbocycles. The van der Waals surface area contributed by atoms with Crippen molar-refractivity contribution in [3.8, 4) is 0 Å². The van der Waals surface area contributed by atoms with Gasteiger partial charge in [0.2, 0.25) is 0 Å². The van der Waals surface area contributed by atoms with Gasteiger partial charge in [0.1, 0.15) is 0 Å². The molecule has 0 aromatic heterocycles. The molecule has 3 N–H and O–H groups in total. The predicted molar refractivity (Wildman–Crippen MR) is 43.3 cm³/mol. The van der Waals surface area contributed by atoms with E-state index in [-0.39, 0.29) is 18.8 Å². The van der Waals surface area contributed by atoms with E-state index in [9.17, 15) is 0 Å². The number of hydrogen-bond donors (Lipinski definition) is 3. The van der Waals surface area contributed by atoms with E-state index < -0.39 is 6.10 Å². The van der Waals surface area contributed by atoms with Gasteiger partial charge in [0.25, 0.3) is 0 Å². The minimum absolute atomic E-state index is 0.0444. The van der Waals surface area contributed by atoms with E-state index in [1.807, 2.05) is 0 Å². The Hall–Kier alpha value is -0.540. The third kappa shape index (κ3) is 4.81. The lowest BCUT2D eigenvalue weighted by atomic mass is 10.1. The van der Waals surface area contributed by atoms with E-state index in [0.717, 1.165) is 5.57 Å². The normalized spacial score (nSPS) is 12.7. The second kappa shape index (κ2) is 5.16. The monoisotopic (exact) mass is 160 g/mol. The first-order chi connectivity index (χ1) is 5.07. The van der Waals surface area contributed by atoms with Crippen molar-refractivity contribution >= 4 is 0 Å². The average molecular weight is 160 g/mol. The summed E-state index contributed by atoms with van der Waals surface area (Å²) >= 11 is 0. The Morgan fingerprint density at radius 3 is 2.27 bits per heavy atom. The third-order valence-corrected chi connectivity index (χ3v) is 1.47. The van der Waals surface area contributed by atoms with Gasteiger partial charge in [-0.2, -0.15) is 0 Å². The molecule has 0 bridgehead atoms. The molecule has 66 valence electrons. The minimum atomic E-state index is -0.630. The molecule has 0 amide bonds. The lowest BCUT2D eigenvalue weighted by molar-refractivity contribution is 0.121. The average Bonchev–Trinajstić information content (AvgIpc) is 1.87. The smallest absolute Gasteiger partial charge is 0.0934 e. The highest BCUT2D eigenvalue weighted by atomic mass is 16.3. The van der Waals surface area contributed by atoms with Gasteiger partial charge in [-0.1, -0.05) is 0 Å². The van der Waals surface area contributed by atoms with Crippen LogP contribution in [0.1, 0.15) is 26.7 Å². The molecule has 3 heteroatoms. The van der Waals surface area contributed by atoms with Crippen LogP contribution in [0.2, 0.25) is 0 Å². The number of aliphatic hydroxyl groups is 3. The van der Waals surface area contributed by atoms with E-state index in [1.165, 1.54) is 0 Å². The molecule has 0 rings (SSSR count). The highest BCUT2D eigenvalue weighted by Crippen LogP contribution is 2.09. The van der Waals surface area contributed by atoms with Crippen LogP contribution in [-0.4, -0.2) is 28.0 Å². The largest absolute Gasteiger partial charge is 0.512 e. The fourth-order valence-corrected chi connectivity index (χ4v) is 0.678. The maximum Gasteiger partial charge on any atom is 0.0934 e. The number of rotatable bonds is 4. The van der Waals surface area contributed by atoms with E-state index >= 15 is 0 Å². The molecule has 0 aliphatic carbocycles. The summed E-state index contributed by atoms with van der Waals surface area (Å²) in [5, 5.41) is 26.7. The molecule has 0 aliphatic heterocycles. The van der Waals surface area contributed by atoms with Crippen LogP contribution in [0.25, 0.3) is 0 Å². The zero-order chi connectivity index (χ0) is 8.85. The third-order valence-electron chi connectivity index (χ3n) is 1.47. The Bertz CT molecular complexity index is 136. The van der Waals surface area contributed by atoms with Gasteiger partial charge in [-0.25, -0.2) is 0 Å². The molecule has 0 radical (unpaired) electrons. The number of hydrogen-bond acceptors (Lipinski definition) is 3. The molecule has 0 aliphatic rings. The Morgan fingerprint density at radius 2 is 1.91 bits per heavy atom. The number of aliphatic hydroxyl groups excluding tert-OH is 3. The van der Waals surface area contributed by atoms with E-state index in [2.05, 4.69) is 0 Å². The van der Waals surface area contributed by atoms with E-state index in [1.54, 1.807) is 13.8 Å². The van der Waals surface area contributed by atoms with Crippen molar-refractivity contribution in [2.75, 3.05) is 6.61 Å². The lowest BCUT2D eigenvalue weighted by Crippen LogP contribution is -2.10. The van der Waals surface area contributed by atoms with Gasteiger partial charge in [-0.15, -0.1) is 0 Å². The molecule has 0 aromatic rings. The van der Waals surface area contributed by atoms with Gasteiger partial charge in [0, 0.05) is 13.0 Å². The number of allylic oxidation sites excluding steroid dienone is 1. The summed E-state index contributed by atoms with van der Waals surface area (Å²) in [6, 6.07) is 0. The molecule has 0 fully saturated rings. The van der Waals surface area contributed by atoms with Gasteiger partial charge in [-0.05, 0) is 25.8 Å². The molecule has 1 atom stereocenters. The molecule has 0 spiro atoms. The Morgan fingerprint density at radius 1 is 1.36 bits per heavy atom.